The molecule has 0 aliphatic rings. The molecule has 0 spiro atoms. The Labute approximate surface area is 99.4 Å². The molecular formula is C11H16N2O4. The highest BCUT2D eigenvalue weighted by molar-refractivity contribution is 5.56. The Hall–Kier alpha value is -1.66. The second-order valence-corrected chi connectivity index (χ2v) is 3.52. The molecule has 6 nitrogen and oxygen atoms in total. The van der Waals surface area contributed by atoms with E-state index < -0.39 is 4.92 Å². The van der Waals surface area contributed by atoms with E-state index in [0.29, 0.717) is 19.8 Å². The summed E-state index contributed by atoms with van der Waals surface area (Å²) in [5.41, 5.74) is 1.74. The number of aliphatic hydroxyl groups is 1. The van der Waals surface area contributed by atoms with Crippen molar-refractivity contribution in [2.45, 2.75) is 6.92 Å². The second-order valence-electron chi connectivity index (χ2n) is 3.52. The van der Waals surface area contributed by atoms with E-state index in [2.05, 4.69) is 5.32 Å². The number of hydrogen-bond donors (Lipinski definition) is 2. The lowest BCUT2D eigenvalue weighted by atomic mass is 10.2. The van der Waals surface area contributed by atoms with Crippen LogP contribution in [0.5, 0.6) is 0 Å². The number of aryl methyl sites for hydroxylation is 1. The Morgan fingerprint density at radius 2 is 2.24 bits per heavy atom. The quantitative estimate of drug-likeness (QED) is 0.426. The van der Waals surface area contributed by atoms with Gasteiger partial charge in [-0.25, -0.2) is 0 Å². The molecule has 0 unspecified atom stereocenters. The molecule has 0 saturated carbocycles. The molecule has 0 aliphatic carbocycles. The summed E-state index contributed by atoms with van der Waals surface area (Å²) in [6.45, 7) is 3.16. The van der Waals surface area contributed by atoms with Gasteiger partial charge in [-0.15, -0.1) is 0 Å². The molecule has 0 heterocycles. The van der Waals surface area contributed by atoms with Crippen molar-refractivity contribution in [1.29, 1.82) is 0 Å². The summed E-state index contributed by atoms with van der Waals surface area (Å²) in [6, 6.07) is 4.68. The summed E-state index contributed by atoms with van der Waals surface area (Å²) < 4.78 is 5.08. The molecule has 0 fully saturated rings. The molecule has 1 aromatic carbocycles. The standard InChI is InChI=1S/C11H16N2O4/c1-9-2-3-10(13(15)16)8-11(9)12-4-6-17-7-5-14/h2-3,8,12,14H,4-7H2,1H3. The van der Waals surface area contributed by atoms with Crippen LogP contribution < -0.4 is 5.32 Å². The largest absolute Gasteiger partial charge is 0.394 e. The lowest BCUT2D eigenvalue weighted by Crippen LogP contribution is -2.12. The Bertz CT molecular complexity index is 382. The van der Waals surface area contributed by atoms with Gasteiger partial charge < -0.3 is 15.2 Å². The number of hydrogen-bond acceptors (Lipinski definition) is 5. The maximum Gasteiger partial charge on any atom is 0.271 e. The minimum Gasteiger partial charge on any atom is -0.394 e. The molecule has 2 N–H and O–H groups in total. The monoisotopic (exact) mass is 240 g/mol. The van der Waals surface area contributed by atoms with E-state index in [9.17, 15) is 10.1 Å². The summed E-state index contributed by atoms with van der Waals surface area (Å²) in [7, 11) is 0. The van der Waals surface area contributed by atoms with Crippen LogP contribution in [0.4, 0.5) is 11.4 Å². The van der Waals surface area contributed by atoms with Crippen molar-refractivity contribution in [3.8, 4) is 0 Å². The van der Waals surface area contributed by atoms with Crippen molar-refractivity contribution in [2.75, 3.05) is 31.7 Å². The Morgan fingerprint density at radius 3 is 2.88 bits per heavy atom. The lowest BCUT2D eigenvalue weighted by Gasteiger charge is -2.09. The van der Waals surface area contributed by atoms with Crippen molar-refractivity contribution in [2.24, 2.45) is 0 Å². The minimum atomic E-state index is -0.424. The van der Waals surface area contributed by atoms with Crippen LogP contribution >= 0.6 is 0 Å². The van der Waals surface area contributed by atoms with Gasteiger partial charge in [-0.1, -0.05) is 6.07 Å². The first kappa shape index (κ1) is 13.4. The van der Waals surface area contributed by atoms with Crippen molar-refractivity contribution >= 4 is 11.4 Å². The third-order valence-electron chi connectivity index (χ3n) is 2.23. The molecule has 0 saturated heterocycles. The SMILES string of the molecule is Cc1ccc([N+](=O)[O-])cc1NCCOCCO. The third kappa shape index (κ3) is 4.38. The molecule has 0 bridgehead atoms. The normalized spacial score (nSPS) is 10.2. The zero-order valence-corrected chi connectivity index (χ0v) is 9.68. The van der Waals surface area contributed by atoms with E-state index in [-0.39, 0.29) is 12.3 Å². The minimum absolute atomic E-state index is 0.00413. The third-order valence-corrected chi connectivity index (χ3v) is 2.23. The number of nitrogens with zero attached hydrogens (tertiary/aromatic N) is 1. The maximum absolute atomic E-state index is 10.6. The molecule has 1 rings (SSSR count). The molecule has 0 aromatic heterocycles. The first-order valence-electron chi connectivity index (χ1n) is 5.32. The van der Waals surface area contributed by atoms with Crippen molar-refractivity contribution in [1.82, 2.24) is 0 Å². The van der Waals surface area contributed by atoms with Crippen LogP contribution in [0.25, 0.3) is 0 Å². The number of nitro groups is 1. The van der Waals surface area contributed by atoms with Gasteiger partial charge in [0.25, 0.3) is 5.69 Å². The van der Waals surface area contributed by atoms with Crippen LogP contribution in [0.2, 0.25) is 0 Å². The second kappa shape index (κ2) is 6.82. The Kier molecular flexibility index (Phi) is 5.38. The van der Waals surface area contributed by atoms with Gasteiger partial charge in [-0.3, -0.25) is 10.1 Å². The maximum atomic E-state index is 10.6. The molecule has 0 atom stereocenters. The van der Waals surface area contributed by atoms with Gasteiger partial charge in [0, 0.05) is 24.4 Å². The van der Waals surface area contributed by atoms with Gasteiger partial charge >= 0.3 is 0 Å². The number of anilines is 1. The number of non-ortho nitro benzene ring substituents is 1. The van der Waals surface area contributed by atoms with Crippen LogP contribution in [0, 0.1) is 17.0 Å². The fourth-order valence-corrected chi connectivity index (χ4v) is 1.34. The highest BCUT2D eigenvalue weighted by Crippen LogP contribution is 2.21. The predicted octanol–water partition coefficient (Wildman–Crippen LogP) is 1.32. The van der Waals surface area contributed by atoms with E-state index in [4.69, 9.17) is 9.84 Å². The molecule has 0 radical (unpaired) electrons. The highest BCUT2D eigenvalue weighted by Gasteiger charge is 2.07. The van der Waals surface area contributed by atoms with E-state index >= 15 is 0 Å². The topological polar surface area (TPSA) is 84.6 Å². The number of nitro benzene ring substituents is 1. The molecule has 6 heteroatoms. The first-order chi connectivity index (χ1) is 8.15. The van der Waals surface area contributed by atoms with Gasteiger partial charge in [0.05, 0.1) is 24.7 Å². The van der Waals surface area contributed by atoms with Crippen LogP contribution in [-0.2, 0) is 4.74 Å². The number of rotatable bonds is 7. The van der Waals surface area contributed by atoms with Crippen LogP contribution in [0.1, 0.15) is 5.56 Å². The van der Waals surface area contributed by atoms with Gasteiger partial charge in [0.1, 0.15) is 0 Å². The fraction of sp³-hybridized carbons (Fsp3) is 0.455. The van der Waals surface area contributed by atoms with Gasteiger partial charge in [-0.05, 0) is 12.5 Å². The number of benzene rings is 1. The molecule has 0 amide bonds. The molecule has 1 aromatic rings. The van der Waals surface area contributed by atoms with Crippen LogP contribution in [0.3, 0.4) is 0 Å². The predicted molar refractivity (Wildman–Crippen MR) is 64.2 cm³/mol. The summed E-state index contributed by atoms with van der Waals surface area (Å²) in [4.78, 5) is 10.2. The fourth-order valence-electron chi connectivity index (χ4n) is 1.34. The van der Waals surface area contributed by atoms with E-state index in [1.807, 2.05) is 6.92 Å². The summed E-state index contributed by atoms with van der Waals surface area (Å²) in [5.74, 6) is 0. The van der Waals surface area contributed by atoms with E-state index in [1.54, 1.807) is 6.07 Å². The summed E-state index contributed by atoms with van der Waals surface area (Å²) in [6.07, 6.45) is 0. The first-order valence-corrected chi connectivity index (χ1v) is 5.32. The van der Waals surface area contributed by atoms with Gasteiger partial charge in [0.2, 0.25) is 0 Å². The van der Waals surface area contributed by atoms with Crippen LogP contribution in [0.15, 0.2) is 18.2 Å². The summed E-state index contributed by atoms with van der Waals surface area (Å²) >= 11 is 0. The van der Waals surface area contributed by atoms with Crippen molar-refractivity contribution in [3.05, 3.63) is 33.9 Å². The van der Waals surface area contributed by atoms with Gasteiger partial charge in [0.15, 0.2) is 0 Å². The summed E-state index contributed by atoms with van der Waals surface area (Å²) in [5, 5.41) is 22.2. The highest BCUT2D eigenvalue weighted by atomic mass is 16.6. The smallest absolute Gasteiger partial charge is 0.271 e. The molecule has 0 aliphatic heterocycles. The van der Waals surface area contributed by atoms with Crippen molar-refractivity contribution in [3.63, 3.8) is 0 Å². The lowest BCUT2D eigenvalue weighted by molar-refractivity contribution is -0.384. The molecular weight excluding hydrogens is 224 g/mol. The average Bonchev–Trinajstić information content (AvgIpc) is 2.30. The van der Waals surface area contributed by atoms with Crippen molar-refractivity contribution < 1.29 is 14.8 Å². The molecule has 94 valence electrons. The van der Waals surface area contributed by atoms with Crippen LogP contribution in [-0.4, -0.2) is 36.4 Å². The Balaban J connectivity index is 2.51. The number of nitrogens with one attached hydrogen (secondary N) is 1. The number of aliphatic hydroxyl groups excluding tert-OH is 1. The van der Waals surface area contributed by atoms with E-state index in [0.717, 1.165) is 11.3 Å². The zero-order valence-electron chi connectivity index (χ0n) is 9.68. The van der Waals surface area contributed by atoms with E-state index in [1.165, 1.54) is 12.1 Å². The van der Waals surface area contributed by atoms with Gasteiger partial charge in [-0.2, -0.15) is 0 Å². The Morgan fingerprint density at radius 1 is 1.47 bits per heavy atom. The molecule has 17 heavy (non-hydrogen) atoms. The number of ether oxygens (including phenoxy) is 1. The zero-order chi connectivity index (χ0) is 12.7. The average molecular weight is 240 g/mol.